The molecule has 0 radical (unpaired) electrons. The second-order valence-electron chi connectivity index (χ2n) is 4.22. The zero-order chi connectivity index (χ0) is 14.4. The van der Waals surface area contributed by atoms with Gasteiger partial charge >= 0.3 is 11.9 Å². The molecule has 0 saturated heterocycles. The Bertz CT molecular complexity index is 476. The summed E-state index contributed by atoms with van der Waals surface area (Å²) in [4.78, 5) is 22.1. The molecule has 2 N–H and O–H groups in total. The number of aliphatic carboxylic acids is 1. The lowest BCUT2D eigenvalue weighted by Gasteiger charge is -2.13. The third-order valence-electron chi connectivity index (χ3n) is 2.82. The summed E-state index contributed by atoms with van der Waals surface area (Å²) in [5.74, 6) is -1.77. The number of carboxylic acid groups (broad SMARTS) is 2. The van der Waals surface area contributed by atoms with Crippen LogP contribution in [0.2, 0.25) is 0 Å². The van der Waals surface area contributed by atoms with Crippen LogP contribution in [0.1, 0.15) is 28.8 Å². The number of benzene rings is 1. The van der Waals surface area contributed by atoms with Gasteiger partial charge in [-0.2, -0.15) is 12.6 Å². The maximum Gasteiger partial charge on any atom is 0.335 e. The van der Waals surface area contributed by atoms with Crippen molar-refractivity contribution in [3.63, 3.8) is 0 Å². The number of rotatable bonds is 7. The molecule has 0 aromatic heterocycles. The molecule has 0 amide bonds. The monoisotopic (exact) mass is 346 g/mol. The van der Waals surface area contributed by atoms with Gasteiger partial charge in [0, 0.05) is 4.47 Å². The smallest absolute Gasteiger partial charge is 0.335 e. The quantitative estimate of drug-likeness (QED) is 0.663. The van der Waals surface area contributed by atoms with Crippen molar-refractivity contribution in [2.45, 2.75) is 19.3 Å². The fraction of sp³-hybridized carbons (Fsp3) is 0.385. The number of hydrogen-bond acceptors (Lipinski definition) is 3. The molecule has 1 atom stereocenters. The van der Waals surface area contributed by atoms with E-state index >= 15 is 0 Å². The van der Waals surface area contributed by atoms with Crippen LogP contribution in [-0.4, -0.2) is 27.9 Å². The van der Waals surface area contributed by atoms with Crippen LogP contribution in [0.15, 0.2) is 22.7 Å². The van der Waals surface area contributed by atoms with E-state index in [-0.39, 0.29) is 5.56 Å². The second kappa shape index (κ2) is 7.55. The van der Waals surface area contributed by atoms with E-state index in [1.807, 2.05) is 0 Å². The molecule has 0 fully saturated rings. The molecule has 1 aromatic carbocycles. The van der Waals surface area contributed by atoms with Crippen LogP contribution in [0.5, 0.6) is 0 Å². The number of aromatic carboxylic acids is 1. The van der Waals surface area contributed by atoms with Crippen molar-refractivity contribution < 1.29 is 19.8 Å². The fourth-order valence-corrected chi connectivity index (χ4v) is 2.37. The molecule has 0 bridgehead atoms. The Morgan fingerprint density at radius 1 is 1.32 bits per heavy atom. The van der Waals surface area contributed by atoms with Gasteiger partial charge in [0.25, 0.3) is 0 Å². The lowest BCUT2D eigenvalue weighted by Crippen LogP contribution is -2.17. The van der Waals surface area contributed by atoms with Crippen molar-refractivity contribution in [3.05, 3.63) is 33.8 Å². The highest BCUT2D eigenvalue weighted by Gasteiger charge is 2.19. The topological polar surface area (TPSA) is 74.6 Å². The minimum absolute atomic E-state index is 0.163. The predicted molar refractivity (Wildman–Crippen MR) is 79.0 cm³/mol. The average molecular weight is 347 g/mol. The van der Waals surface area contributed by atoms with Crippen molar-refractivity contribution in [2.24, 2.45) is 5.92 Å². The Balaban J connectivity index is 2.91. The van der Waals surface area contributed by atoms with Crippen LogP contribution in [-0.2, 0) is 11.2 Å². The van der Waals surface area contributed by atoms with Crippen LogP contribution >= 0.6 is 28.6 Å². The van der Waals surface area contributed by atoms with Crippen molar-refractivity contribution in [3.8, 4) is 0 Å². The molecule has 0 aliphatic carbocycles. The Kier molecular flexibility index (Phi) is 6.37. The summed E-state index contributed by atoms with van der Waals surface area (Å²) >= 11 is 7.40. The third kappa shape index (κ3) is 4.87. The molecular weight excluding hydrogens is 332 g/mol. The first-order chi connectivity index (χ1) is 8.95. The summed E-state index contributed by atoms with van der Waals surface area (Å²) in [7, 11) is 0. The van der Waals surface area contributed by atoms with Crippen LogP contribution in [0.3, 0.4) is 0 Å². The standard InChI is InChI=1S/C13H15BrO4S/c14-11-4-3-9(13(17)18)7-10(11)6-8(12(15)16)2-1-5-19/h3-4,7-8,19H,1-2,5-6H2,(H,15,16)(H,17,18). The maximum atomic E-state index is 11.2. The van der Waals surface area contributed by atoms with E-state index in [0.717, 1.165) is 10.9 Å². The molecule has 4 nitrogen and oxygen atoms in total. The molecular formula is C13H15BrO4S. The van der Waals surface area contributed by atoms with E-state index in [9.17, 15) is 14.7 Å². The normalized spacial score (nSPS) is 12.1. The molecule has 0 aliphatic heterocycles. The number of thiol groups is 1. The van der Waals surface area contributed by atoms with Crippen LogP contribution in [0, 0.1) is 5.92 Å². The van der Waals surface area contributed by atoms with Crippen LogP contribution < -0.4 is 0 Å². The zero-order valence-corrected chi connectivity index (χ0v) is 12.7. The molecule has 19 heavy (non-hydrogen) atoms. The van der Waals surface area contributed by atoms with E-state index in [1.54, 1.807) is 6.07 Å². The fourth-order valence-electron chi connectivity index (χ4n) is 1.78. The SMILES string of the molecule is O=C(O)c1ccc(Br)c(CC(CCCS)C(=O)O)c1. The van der Waals surface area contributed by atoms with Gasteiger partial charge in [-0.1, -0.05) is 15.9 Å². The molecule has 0 aliphatic rings. The number of halogens is 1. The average Bonchev–Trinajstić information content (AvgIpc) is 2.35. The summed E-state index contributed by atoms with van der Waals surface area (Å²) in [5, 5.41) is 18.1. The van der Waals surface area contributed by atoms with E-state index < -0.39 is 17.9 Å². The summed E-state index contributed by atoms with van der Waals surface area (Å²) in [5.41, 5.74) is 0.864. The molecule has 6 heteroatoms. The first-order valence-electron chi connectivity index (χ1n) is 5.81. The first-order valence-corrected chi connectivity index (χ1v) is 7.23. The third-order valence-corrected chi connectivity index (χ3v) is 3.91. The number of hydrogen-bond donors (Lipinski definition) is 3. The van der Waals surface area contributed by atoms with E-state index in [0.29, 0.717) is 24.2 Å². The van der Waals surface area contributed by atoms with E-state index in [2.05, 4.69) is 28.6 Å². The van der Waals surface area contributed by atoms with E-state index in [1.165, 1.54) is 12.1 Å². The first kappa shape index (κ1) is 16.0. The number of carbonyl (C=O) groups is 2. The van der Waals surface area contributed by atoms with E-state index in [4.69, 9.17) is 5.11 Å². The summed E-state index contributed by atoms with van der Waals surface area (Å²) < 4.78 is 0.731. The Labute approximate surface area is 125 Å². The van der Waals surface area contributed by atoms with Gasteiger partial charge in [0.1, 0.15) is 0 Å². The van der Waals surface area contributed by atoms with Gasteiger partial charge in [0.15, 0.2) is 0 Å². The summed E-state index contributed by atoms with van der Waals surface area (Å²) in [6.07, 6.45) is 1.56. The number of carboxylic acids is 2. The lowest BCUT2D eigenvalue weighted by molar-refractivity contribution is -0.141. The highest BCUT2D eigenvalue weighted by molar-refractivity contribution is 9.10. The molecule has 1 aromatic rings. The zero-order valence-electron chi connectivity index (χ0n) is 10.2. The van der Waals surface area contributed by atoms with Crippen molar-refractivity contribution >= 4 is 40.5 Å². The van der Waals surface area contributed by atoms with Gasteiger partial charge in [-0.25, -0.2) is 4.79 Å². The van der Waals surface area contributed by atoms with Gasteiger partial charge in [-0.05, 0) is 48.8 Å². The Hall–Kier alpha value is -1.01. The summed E-state index contributed by atoms with van der Waals surface area (Å²) in [6.45, 7) is 0. The minimum Gasteiger partial charge on any atom is -0.481 e. The molecule has 1 unspecified atom stereocenters. The maximum absolute atomic E-state index is 11.2. The minimum atomic E-state index is -1.02. The predicted octanol–water partition coefficient (Wildman–Crippen LogP) is 3.10. The molecule has 104 valence electrons. The van der Waals surface area contributed by atoms with Gasteiger partial charge in [-0.15, -0.1) is 0 Å². The van der Waals surface area contributed by atoms with Crippen LogP contribution in [0.4, 0.5) is 0 Å². The van der Waals surface area contributed by atoms with Crippen molar-refractivity contribution in [2.75, 3.05) is 5.75 Å². The highest BCUT2D eigenvalue weighted by Crippen LogP contribution is 2.24. The van der Waals surface area contributed by atoms with Gasteiger partial charge < -0.3 is 10.2 Å². The molecule has 0 saturated carbocycles. The Morgan fingerprint density at radius 2 is 2.00 bits per heavy atom. The van der Waals surface area contributed by atoms with Gasteiger partial charge in [0.05, 0.1) is 11.5 Å². The molecule has 0 heterocycles. The summed E-state index contributed by atoms with van der Waals surface area (Å²) in [6, 6.07) is 4.64. The Morgan fingerprint density at radius 3 is 2.53 bits per heavy atom. The lowest BCUT2D eigenvalue weighted by atomic mass is 9.94. The van der Waals surface area contributed by atoms with Crippen molar-refractivity contribution in [1.82, 2.24) is 0 Å². The molecule has 1 rings (SSSR count). The van der Waals surface area contributed by atoms with Gasteiger partial charge in [0.2, 0.25) is 0 Å². The van der Waals surface area contributed by atoms with Gasteiger partial charge in [-0.3, -0.25) is 4.79 Å². The molecule has 0 spiro atoms. The van der Waals surface area contributed by atoms with Crippen LogP contribution in [0.25, 0.3) is 0 Å². The highest BCUT2D eigenvalue weighted by atomic mass is 79.9. The second-order valence-corrected chi connectivity index (χ2v) is 5.52. The van der Waals surface area contributed by atoms with Crippen molar-refractivity contribution in [1.29, 1.82) is 0 Å². The largest absolute Gasteiger partial charge is 0.481 e.